The number of benzene rings is 1. The van der Waals surface area contributed by atoms with Gasteiger partial charge in [0, 0.05) is 36.2 Å². The number of hydrogen-bond acceptors (Lipinski definition) is 3. The molecule has 0 bridgehead atoms. The van der Waals surface area contributed by atoms with Crippen molar-refractivity contribution in [2.75, 3.05) is 20.2 Å². The van der Waals surface area contributed by atoms with Gasteiger partial charge >= 0.3 is 0 Å². The highest BCUT2D eigenvalue weighted by Gasteiger charge is 2.16. The van der Waals surface area contributed by atoms with E-state index in [1.807, 2.05) is 6.92 Å². The minimum Gasteiger partial charge on any atom is -0.380 e. The molecular formula is C14H21Cl3N2O2. The maximum atomic E-state index is 11.8. The van der Waals surface area contributed by atoms with Crippen LogP contribution in [0.25, 0.3) is 0 Å². The van der Waals surface area contributed by atoms with E-state index in [2.05, 4.69) is 5.32 Å². The van der Waals surface area contributed by atoms with Crippen molar-refractivity contribution in [1.29, 1.82) is 0 Å². The number of carbonyl (C=O) groups excluding carboxylic acids is 1. The highest BCUT2D eigenvalue weighted by atomic mass is 35.5. The summed E-state index contributed by atoms with van der Waals surface area (Å²) in [5.41, 5.74) is 6.32. The molecule has 120 valence electrons. The molecule has 1 aromatic rings. The smallest absolute Gasteiger partial charge is 0.222 e. The van der Waals surface area contributed by atoms with E-state index >= 15 is 0 Å². The van der Waals surface area contributed by atoms with Crippen LogP contribution in [-0.4, -0.2) is 32.2 Å². The number of carbonyl (C=O) groups is 1. The van der Waals surface area contributed by atoms with Crippen LogP contribution in [-0.2, 0) is 9.53 Å². The average molecular weight is 356 g/mol. The molecule has 0 aliphatic carbocycles. The molecule has 1 rings (SSSR count). The Balaban J connectivity index is 0.00000400. The Kier molecular flexibility index (Phi) is 9.99. The number of nitrogens with two attached hydrogens (primary N) is 1. The van der Waals surface area contributed by atoms with E-state index in [4.69, 9.17) is 33.7 Å². The summed E-state index contributed by atoms with van der Waals surface area (Å²) in [6.45, 7) is 2.74. The Hall–Kier alpha value is -0.520. The van der Waals surface area contributed by atoms with Gasteiger partial charge in [0.05, 0.1) is 12.5 Å². The molecule has 0 spiro atoms. The molecule has 1 aromatic carbocycles. The van der Waals surface area contributed by atoms with E-state index in [0.717, 1.165) is 5.56 Å². The SMILES string of the molecule is COC(CN)CC(=O)NCC(C)c1c(Cl)cccc1Cl.Cl. The Morgan fingerprint density at radius 3 is 2.43 bits per heavy atom. The van der Waals surface area contributed by atoms with Gasteiger partial charge in [-0.2, -0.15) is 0 Å². The minimum atomic E-state index is -0.255. The van der Waals surface area contributed by atoms with Crippen molar-refractivity contribution in [3.63, 3.8) is 0 Å². The summed E-state index contributed by atoms with van der Waals surface area (Å²) >= 11 is 12.3. The molecule has 0 aliphatic rings. The van der Waals surface area contributed by atoms with Gasteiger partial charge in [0.1, 0.15) is 0 Å². The molecule has 0 aliphatic heterocycles. The van der Waals surface area contributed by atoms with Gasteiger partial charge in [0.15, 0.2) is 0 Å². The number of halogens is 3. The maximum Gasteiger partial charge on any atom is 0.222 e. The zero-order valence-electron chi connectivity index (χ0n) is 12.1. The maximum absolute atomic E-state index is 11.8. The fourth-order valence-electron chi connectivity index (χ4n) is 1.89. The third-order valence-electron chi connectivity index (χ3n) is 3.11. The number of hydrogen-bond donors (Lipinski definition) is 2. The fourth-order valence-corrected chi connectivity index (χ4v) is 2.66. The fraction of sp³-hybridized carbons (Fsp3) is 0.500. The molecule has 0 fully saturated rings. The largest absolute Gasteiger partial charge is 0.380 e. The van der Waals surface area contributed by atoms with Crippen molar-refractivity contribution < 1.29 is 9.53 Å². The molecule has 0 heterocycles. The monoisotopic (exact) mass is 354 g/mol. The van der Waals surface area contributed by atoms with Gasteiger partial charge in [0.2, 0.25) is 5.91 Å². The number of ether oxygens (including phenoxy) is 1. The van der Waals surface area contributed by atoms with Crippen LogP contribution in [0.4, 0.5) is 0 Å². The number of amides is 1. The van der Waals surface area contributed by atoms with Crippen LogP contribution in [0.5, 0.6) is 0 Å². The van der Waals surface area contributed by atoms with Crippen LogP contribution < -0.4 is 11.1 Å². The molecule has 21 heavy (non-hydrogen) atoms. The second-order valence-corrected chi connectivity index (χ2v) is 5.45. The quantitative estimate of drug-likeness (QED) is 0.790. The lowest BCUT2D eigenvalue weighted by Gasteiger charge is -2.17. The van der Waals surface area contributed by atoms with Gasteiger partial charge in [-0.15, -0.1) is 12.4 Å². The van der Waals surface area contributed by atoms with Crippen molar-refractivity contribution >= 4 is 41.5 Å². The first kappa shape index (κ1) is 20.5. The predicted octanol–water partition coefficient (Wildman–Crippen LogP) is 3.00. The third-order valence-corrected chi connectivity index (χ3v) is 3.77. The van der Waals surface area contributed by atoms with E-state index in [0.29, 0.717) is 23.1 Å². The topological polar surface area (TPSA) is 64.3 Å². The first-order valence-electron chi connectivity index (χ1n) is 6.43. The first-order valence-corrected chi connectivity index (χ1v) is 7.18. The minimum absolute atomic E-state index is 0. The lowest BCUT2D eigenvalue weighted by atomic mass is 10.0. The number of methoxy groups -OCH3 is 1. The van der Waals surface area contributed by atoms with Crippen molar-refractivity contribution in [2.24, 2.45) is 5.73 Å². The van der Waals surface area contributed by atoms with Crippen molar-refractivity contribution in [2.45, 2.75) is 25.4 Å². The summed E-state index contributed by atoms with van der Waals surface area (Å²) in [6, 6.07) is 5.37. The first-order chi connectivity index (χ1) is 9.49. The predicted molar refractivity (Wildman–Crippen MR) is 89.6 cm³/mol. The Morgan fingerprint density at radius 1 is 1.38 bits per heavy atom. The molecule has 0 saturated carbocycles. The molecule has 0 saturated heterocycles. The van der Waals surface area contributed by atoms with Gasteiger partial charge in [-0.05, 0) is 17.7 Å². The number of nitrogens with one attached hydrogen (secondary N) is 1. The highest BCUT2D eigenvalue weighted by Crippen LogP contribution is 2.30. The summed E-state index contributed by atoms with van der Waals surface area (Å²) in [4.78, 5) is 11.8. The van der Waals surface area contributed by atoms with E-state index < -0.39 is 0 Å². The zero-order chi connectivity index (χ0) is 15.1. The zero-order valence-corrected chi connectivity index (χ0v) is 14.4. The van der Waals surface area contributed by atoms with Gasteiger partial charge in [0.25, 0.3) is 0 Å². The number of rotatable bonds is 7. The summed E-state index contributed by atoms with van der Waals surface area (Å²) in [5.74, 6) is -0.0728. The average Bonchev–Trinajstić information content (AvgIpc) is 2.42. The standard InChI is InChI=1S/C14H20Cl2N2O2.ClH/c1-9(14-11(15)4-3-5-12(14)16)8-18-13(19)6-10(7-17)20-2;/h3-5,9-10H,6-8,17H2,1-2H3,(H,18,19);1H. The third kappa shape index (κ3) is 6.41. The molecule has 2 atom stereocenters. The Bertz CT molecular complexity index is 434. The molecule has 3 N–H and O–H groups in total. The lowest BCUT2D eigenvalue weighted by molar-refractivity contribution is -0.123. The van der Waals surface area contributed by atoms with E-state index in [1.165, 1.54) is 7.11 Å². The Labute approximate surface area is 141 Å². The van der Waals surface area contributed by atoms with Crippen LogP contribution in [0.1, 0.15) is 24.8 Å². The van der Waals surface area contributed by atoms with Crippen molar-refractivity contribution in [1.82, 2.24) is 5.32 Å². The summed E-state index contributed by atoms with van der Waals surface area (Å²) < 4.78 is 5.07. The lowest BCUT2D eigenvalue weighted by Crippen LogP contribution is -2.34. The van der Waals surface area contributed by atoms with Crippen LogP contribution in [0.3, 0.4) is 0 Å². The van der Waals surface area contributed by atoms with Crippen LogP contribution in [0, 0.1) is 0 Å². The normalized spacial score (nSPS) is 13.2. The van der Waals surface area contributed by atoms with Gasteiger partial charge in [-0.25, -0.2) is 0 Å². The second kappa shape index (κ2) is 10.2. The highest BCUT2D eigenvalue weighted by molar-refractivity contribution is 6.36. The molecule has 0 radical (unpaired) electrons. The summed E-state index contributed by atoms with van der Waals surface area (Å²) in [7, 11) is 1.54. The van der Waals surface area contributed by atoms with E-state index in [1.54, 1.807) is 18.2 Å². The van der Waals surface area contributed by atoms with Crippen LogP contribution in [0.2, 0.25) is 10.0 Å². The molecular weight excluding hydrogens is 335 g/mol. The van der Waals surface area contributed by atoms with Crippen LogP contribution in [0.15, 0.2) is 18.2 Å². The molecule has 4 nitrogen and oxygen atoms in total. The molecule has 1 amide bonds. The van der Waals surface area contributed by atoms with Gasteiger partial charge < -0.3 is 15.8 Å². The molecule has 2 unspecified atom stereocenters. The molecule has 7 heteroatoms. The Morgan fingerprint density at radius 2 is 1.95 bits per heavy atom. The molecule has 0 aromatic heterocycles. The van der Waals surface area contributed by atoms with E-state index in [9.17, 15) is 4.79 Å². The van der Waals surface area contributed by atoms with Crippen molar-refractivity contribution in [3.8, 4) is 0 Å². The van der Waals surface area contributed by atoms with Crippen molar-refractivity contribution in [3.05, 3.63) is 33.8 Å². The van der Waals surface area contributed by atoms with Gasteiger partial charge in [-0.1, -0.05) is 36.2 Å². The van der Waals surface area contributed by atoms with Crippen LogP contribution >= 0.6 is 35.6 Å². The van der Waals surface area contributed by atoms with Gasteiger partial charge in [-0.3, -0.25) is 4.79 Å². The summed E-state index contributed by atoms with van der Waals surface area (Å²) in [5, 5.41) is 4.06. The summed E-state index contributed by atoms with van der Waals surface area (Å²) in [6.07, 6.45) is -0.00936. The van der Waals surface area contributed by atoms with E-state index in [-0.39, 0.29) is 36.8 Å². The second-order valence-electron chi connectivity index (χ2n) is 4.64.